The summed E-state index contributed by atoms with van der Waals surface area (Å²) in [6.45, 7) is 13.7. The van der Waals surface area contributed by atoms with Crippen molar-refractivity contribution < 1.29 is 38.5 Å². The first-order chi connectivity index (χ1) is 34.7. The number of benzene rings is 6. The smallest absolute Gasteiger partial charge is 0.148 e. The van der Waals surface area contributed by atoms with Crippen LogP contribution in [0.5, 0.6) is 5.75 Å². The Kier molecular flexibility index (Phi) is 10.6. The predicted octanol–water partition coefficient (Wildman–Crippen LogP) is 16.6. The molecule has 0 saturated heterocycles. The Balaban J connectivity index is 0.00000840. The van der Waals surface area contributed by atoms with Gasteiger partial charge in [-0.3, -0.25) is 9.55 Å². The zero-order chi connectivity index (χ0) is 55.0. The van der Waals surface area contributed by atoms with Crippen molar-refractivity contribution in [1.29, 1.82) is 0 Å². The fourth-order valence-electron chi connectivity index (χ4n) is 8.73. The van der Waals surface area contributed by atoms with Crippen molar-refractivity contribution in [3.8, 4) is 67.5 Å². The van der Waals surface area contributed by atoms with Gasteiger partial charge in [-0.2, -0.15) is 0 Å². The second-order valence-corrected chi connectivity index (χ2v) is 21.4. The van der Waals surface area contributed by atoms with Gasteiger partial charge in [0.25, 0.3) is 0 Å². The van der Waals surface area contributed by atoms with E-state index >= 15 is 0 Å². The van der Waals surface area contributed by atoms with Crippen molar-refractivity contribution in [3.63, 3.8) is 0 Å². The van der Waals surface area contributed by atoms with Gasteiger partial charge in [-0.1, -0.05) is 193 Å². The molecule has 0 bridgehead atoms. The van der Waals surface area contributed by atoms with Crippen LogP contribution in [-0.2, 0) is 49.1 Å². The molecule has 0 amide bonds. The molecule has 0 aliphatic rings. The van der Waals surface area contributed by atoms with Gasteiger partial charge in [0, 0.05) is 56.4 Å². The van der Waals surface area contributed by atoms with E-state index in [4.69, 9.17) is 22.3 Å². The van der Waals surface area contributed by atoms with Crippen LogP contribution in [0.2, 0.25) is 0 Å². The van der Waals surface area contributed by atoms with Crippen LogP contribution in [0.1, 0.15) is 137 Å². The molecule has 4 nitrogen and oxygen atoms in total. The van der Waals surface area contributed by atoms with E-state index in [0.29, 0.717) is 45.2 Å². The summed E-state index contributed by atoms with van der Waals surface area (Å²) >= 11 is 0. The summed E-state index contributed by atoms with van der Waals surface area (Å²) in [7, 11) is 0. The molecule has 0 fully saturated rings. The fourth-order valence-corrected chi connectivity index (χ4v) is 8.73. The van der Waals surface area contributed by atoms with Gasteiger partial charge in [-0.05, 0) is 97.7 Å². The van der Waals surface area contributed by atoms with Gasteiger partial charge in [0.15, 0.2) is 0 Å². The maximum Gasteiger partial charge on any atom is 0.148 e. The van der Waals surface area contributed by atoms with Gasteiger partial charge in [0.2, 0.25) is 0 Å². The SMILES string of the molecule is [2H]C([2H])([2H])C(c1ccc(-c2ccnc(-c3[c-]c(-c4cccc5c4nc(-c4cc(C(C)(C)C)cc(C(C)(C)C)c4O)n5-c4ccc(CC(C)C)cc4-c4ccccc4)cc(C(C)(C)C)c3)c2)cc1)(C([2H])([2H])[2H])C([2H])([2H])[2H].[Pt]. The maximum absolute atomic E-state index is 12.6. The molecule has 6 aromatic carbocycles. The molecule has 67 heavy (non-hydrogen) atoms. The quantitative estimate of drug-likeness (QED) is 0.154. The Hall–Kier alpha value is -5.57. The predicted molar refractivity (Wildman–Crippen MR) is 280 cm³/mol. The van der Waals surface area contributed by atoms with E-state index in [-0.39, 0.29) is 43.2 Å². The molecule has 0 aliphatic heterocycles. The average molecular weight is 1080 g/mol. The van der Waals surface area contributed by atoms with Crippen LogP contribution in [0, 0.1) is 12.0 Å². The van der Waals surface area contributed by atoms with Crippen molar-refractivity contribution in [3.05, 3.63) is 167 Å². The molecule has 348 valence electrons. The molecule has 2 aromatic heterocycles. The molecule has 2 heterocycles. The summed E-state index contributed by atoms with van der Waals surface area (Å²) in [5.41, 5.74) is 9.15. The van der Waals surface area contributed by atoms with Gasteiger partial charge in [-0.25, -0.2) is 4.98 Å². The number of hydrogen-bond donors (Lipinski definition) is 1. The standard InChI is InChI=1S/C62H68N3O.Pt/c1-39(2)31-40-23-28-54(50(32-40)42-19-16-15-17-20-42)65-55-22-18-21-49(56(55)64-58(65)51-37-48(61(9,10)11)38-52(57(51)66)62(12,13)14)44-33-45(35-47(34-44)60(6,7)8)53-36-43(29-30-63-53)41-24-26-46(27-25-41)59(3,4)5;/h15-30,32,34-39,66H,31H2,1-14H3;/q-1;/i3D3,4D3,5D3;. The Labute approximate surface area is 427 Å². The van der Waals surface area contributed by atoms with Gasteiger partial charge < -0.3 is 5.11 Å². The van der Waals surface area contributed by atoms with Gasteiger partial charge in [-0.15, -0.1) is 29.3 Å². The second kappa shape index (κ2) is 18.5. The fraction of sp³-hybridized carbons (Fsp3) is 0.323. The van der Waals surface area contributed by atoms with E-state index < -0.39 is 31.4 Å². The molecule has 8 aromatic rings. The third kappa shape index (κ3) is 10.3. The molecule has 8 rings (SSSR count). The Morgan fingerprint density at radius 2 is 1.27 bits per heavy atom. The molecular weight excluding hydrogens is 998 g/mol. The van der Waals surface area contributed by atoms with Gasteiger partial charge >= 0.3 is 0 Å². The van der Waals surface area contributed by atoms with Crippen molar-refractivity contribution in [2.45, 2.75) is 125 Å². The minimum atomic E-state index is -3.37. The minimum Gasteiger partial charge on any atom is -0.507 e. The van der Waals surface area contributed by atoms with E-state index in [2.05, 4.69) is 166 Å². The number of imidazole rings is 1. The summed E-state index contributed by atoms with van der Waals surface area (Å²) in [5, 5.41) is 12.6. The summed E-state index contributed by atoms with van der Waals surface area (Å²) in [4.78, 5) is 10.5. The molecule has 0 aliphatic carbocycles. The van der Waals surface area contributed by atoms with E-state index in [9.17, 15) is 5.11 Å². The zero-order valence-electron chi connectivity index (χ0n) is 49.6. The molecule has 0 spiro atoms. The number of phenols is 1. The molecule has 0 saturated carbocycles. The summed E-state index contributed by atoms with van der Waals surface area (Å²) < 4.78 is 76.2. The van der Waals surface area contributed by atoms with Gasteiger partial charge in [0.1, 0.15) is 11.6 Å². The van der Waals surface area contributed by atoms with E-state index in [1.807, 2.05) is 18.2 Å². The number of pyridine rings is 1. The number of nitrogens with zero attached hydrogens (tertiary/aromatic N) is 3. The number of fused-ring (bicyclic) bond motifs is 1. The van der Waals surface area contributed by atoms with Crippen LogP contribution in [0.25, 0.3) is 72.7 Å². The molecular formula is C62H68N3OPt-. The number of aromatic hydroxyl groups is 1. The normalized spacial score (nSPS) is 15.0. The largest absolute Gasteiger partial charge is 0.507 e. The van der Waals surface area contributed by atoms with E-state index in [1.165, 1.54) is 17.7 Å². The molecule has 0 unspecified atom stereocenters. The van der Waals surface area contributed by atoms with Crippen molar-refractivity contribution in [1.82, 2.24) is 14.5 Å². The van der Waals surface area contributed by atoms with E-state index in [0.717, 1.165) is 56.6 Å². The third-order valence-electron chi connectivity index (χ3n) is 12.5. The molecule has 0 radical (unpaired) electrons. The summed E-state index contributed by atoms with van der Waals surface area (Å²) in [6.07, 6.45) is 2.58. The first-order valence-corrected chi connectivity index (χ1v) is 23.0. The van der Waals surface area contributed by atoms with Crippen LogP contribution in [0.3, 0.4) is 0 Å². The Bertz CT molecular complexity index is 3370. The van der Waals surface area contributed by atoms with Crippen LogP contribution < -0.4 is 0 Å². The molecule has 5 heteroatoms. The minimum absolute atomic E-state index is 0. The summed E-state index contributed by atoms with van der Waals surface area (Å²) in [6, 6.07) is 44.9. The van der Waals surface area contributed by atoms with Crippen LogP contribution in [0.15, 0.2) is 134 Å². The maximum atomic E-state index is 12.6. The zero-order valence-corrected chi connectivity index (χ0v) is 42.9. The van der Waals surface area contributed by atoms with E-state index in [1.54, 1.807) is 24.4 Å². The Morgan fingerprint density at radius 1 is 0.597 bits per heavy atom. The monoisotopic (exact) mass is 1070 g/mol. The van der Waals surface area contributed by atoms with Crippen LogP contribution in [-0.4, -0.2) is 19.6 Å². The topological polar surface area (TPSA) is 50.9 Å². The first-order valence-electron chi connectivity index (χ1n) is 27.5. The van der Waals surface area contributed by atoms with Gasteiger partial charge in [0.05, 0.1) is 22.3 Å². The Morgan fingerprint density at radius 3 is 1.91 bits per heavy atom. The summed E-state index contributed by atoms with van der Waals surface area (Å²) in [5.74, 6) is 1.23. The van der Waals surface area contributed by atoms with Crippen molar-refractivity contribution in [2.75, 3.05) is 0 Å². The van der Waals surface area contributed by atoms with Crippen molar-refractivity contribution in [2.24, 2.45) is 5.92 Å². The number of aromatic nitrogens is 3. The second-order valence-electron chi connectivity index (χ2n) is 21.4. The number of hydrogen-bond acceptors (Lipinski definition) is 3. The first kappa shape index (κ1) is 38.4. The average Bonchev–Trinajstić information content (AvgIpc) is 3.69. The van der Waals surface area contributed by atoms with Crippen LogP contribution >= 0.6 is 0 Å². The number of phenolic OH excluding ortho intramolecular Hbond substituents is 1. The third-order valence-corrected chi connectivity index (χ3v) is 12.5. The van der Waals surface area contributed by atoms with Crippen LogP contribution in [0.4, 0.5) is 0 Å². The number of rotatable bonds is 8. The van der Waals surface area contributed by atoms with Crippen molar-refractivity contribution >= 4 is 11.0 Å². The molecule has 1 N–H and O–H groups in total. The number of para-hydroxylation sites is 1. The molecule has 0 atom stereocenters.